The number of ether oxygens (including phenoxy) is 6. The van der Waals surface area contributed by atoms with Crippen molar-refractivity contribution in [1.29, 1.82) is 5.26 Å². The van der Waals surface area contributed by atoms with Crippen LogP contribution < -0.4 is 20.1 Å². The number of carbonyl (C=O) groups excluding carboxylic acids is 4. The quantitative estimate of drug-likeness (QED) is 0.0154. The van der Waals surface area contributed by atoms with Gasteiger partial charge in [-0.3, -0.25) is 24.1 Å². The van der Waals surface area contributed by atoms with Crippen molar-refractivity contribution in [3.8, 4) is 17.6 Å². The summed E-state index contributed by atoms with van der Waals surface area (Å²) in [5.74, 6) is -1.57. The molecule has 0 aliphatic carbocycles. The largest absolute Gasteiger partial charge is 0.495 e. The average molecular weight is 1130 g/mol. The van der Waals surface area contributed by atoms with E-state index in [0.717, 1.165) is 6.42 Å². The van der Waals surface area contributed by atoms with Gasteiger partial charge in [0, 0.05) is 88.5 Å². The summed E-state index contributed by atoms with van der Waals surface area (Å²) in [5.41, 5.74) is 1.44. The maximum Gasteiger partial charge on any atom is 0.306 e. The number of methoxy groups -OCH3 is 2. The molecule has 5 N–H and O–H groups in total. The highest BCUT2D eigenvalue weighted by Crippen LogP contribution is 2.41. The number of pyridine rings is 1. The number of unbranched alkanes of at least 4 members (excludes halogenated alkanes) is 8. The van der Waals surface area contributed by atoms with Crippen LogP contribution in [0.4, 0.5) is 28.7 Å². The van der Waals surface area contributed by atoms with Gasteiger partial charge in [-0.2, -0.15) is 5.26 Å². The lowest BCUT2D eigenvalue weighted by atomic mass is 10.1. The minimum atomic E-state index is -4.15. The van der Waals surface area contributed by atoms with Crippen LogP contribution in [0.5, 0.6) is 11.5 Å². The summed E-state index contributed by atoms with van der Waals surface area (Å²) in [6.07, 6.45) is 6.38. The number of nitrogens with one attached hydrogen (secondary N) is 2. The van der Waals surface area contributed by atoms with E-state index in [1.807, 2.05) is 30.3 Å². The lowest BCUT2D eigenvalue weighted by molar-refractivity contribution is -0.151. The summed E-state index contributed by atoms with van der Waals surface area (Å²) in [6, 6.07) is 14.0. The number of aromatic nitrogens is 1. The van der Waals surface area contributed by atoms with Gasteiger partial charge in [-0.05, 0) is 97.6 Å². The summed E-state index contributed by atoms with van der Waals surface area (Å²) in [7, 11) is -1.49. The zero-order valence-corrected chi connectivity index (χ0v) is 47.7. The third kappa shape index (κ3) is 25.5. The van der Waals surface area contributed by atoms with E-state index < -0.39 is 51.8 Å². The second kappa shape index (κ2) is 37.4. The van der Waals surface area contributed by atoms with Gasteiger partial charge in [-0.25, -0.2) is 13.4 Å². The number of anilines is 3. The fourth-order valence-corrected chi connectivity index (χ4v) is 9.59. The molecule has 438 valence electrons. The Morgan fingerprint density at radius 1 is 0.684 bits per heavy atom. The molecule has 79 heavy (non-hydrogen) atoms. The molecule has 0 saturated carbocycles. The molecule has 0 aliphatic heterocycles. The molecule has 3 unspecified atom stereocenters. The molecule has 22 nitrogen and oxygen atoms in total. The van der Waals surface area contributed by atoms with Gasteiger partial charge in [-0.15, -0.1) is 10.2 Å². The van der Waals surface area contributed by atoms with Gasteiger partial charge in [0.15, 0.2) is 15.7 Å². The van der Waals surface area contributed by atoms with Gasteiger partial charge in [0.1, 0.15) is 58.0 Å². The summed E-state index contributed by atoms with van der Waals surface area (Å²) < 4.78 is 62.0. The summed E-state index contributed by atoms with van der Waals surface area (Å²) >= 11 is 0. The van der Waals surface area contributed by atoms with Crippen LogP contribution in [0.1, 0.15) is 135 Å². The van der Waals surface area contributed by atoms with Crippen LogP contribution in [0.3, 0.4) is 0 Å². The van der Waals surface area contributed by atoms with Gasteiger partial charge in [0.2, 0.25) is 0 Å². The maximum absolute atomic E-state index is 14.3. The van der Waals surface area contributed by atoms with Gasteiger partial charge in [-0.1, -0.05) is 37.5 Å². The molecular weight excluding hydrogens is 1040 g/mol. The fourth-order valence-electron chi connectivity index (χ4n) is 8.14. The topological polar surface area (TPSA) is 307 Å². The summed E-state index contributed by atoms with van der Waals surface area (Å²) in [5, 5.41) is 52.9. The van der Waals surface area contributed by atoms with Crippen LogP contribution in [0, 0.1) is 18.3 Å². The number of hydrogen-bond donors (Lipinski definition) is 5. The van der Waals surface area contributed by atoms with Gasteiger partial charge in [0.05, 0.1) is 38.7 Å². The van der Waals surface area contributed by atoms with E-state index in [1.165, 1.54) is 26.4 Å². The number of hydrogen-bond acceptors (Lipinski definition) is 22. The number of rotatable bonds is 41. The van der Waals surface area contributed by atoms with Crippen LogP contribution >= 0.6 is 0 Å². The van der Waals surface area contributed by atoms with Crippen LogP contribution in [-0.4, -0.2) is 148 Å². The Labute approximate surface area is 465 Å². The van der Waals surface area contributed by atoms with Crippen molar-refractivity contribution in [2.45, 2.75) is 154 Å². The van der Waals surface area contributed by atoms with Crippen molar-refractivity contribution in [3.05, 3.63) is 53.6 Å². The first-order valence-corrected chi connectivity index (χ1v) is 28.8. The zero-order chi connectivity index (χ0) is 58.0. The van der Waals surface area contributed by atoms with E-state index >= 15 is 0 Å². The molecule has 0 aliphatic rings. The third-order valence-corrected chi connectivity index (χ3v) is 14.0. The van der Waals surface area contributed by atoms with Crippen molar-refractivity contribution in [2.24, 2.45) is 10.2 Å². The smallest absolute Gasteiger partial charge is 0.306 e. The molecule has 3 aromatic rings. The SMILES string of the molecule is COc1cc(S(=O)(=O)CCN(CC(C)OC(=O)CCCCCO)CC(C)OC(=O)CCCCCO)c(OC)cc1/N=N/c1c(Nc2ccccc2)nc(NCC(C)OC(=O)CCCCCOC(=O)CCCCCO)c(C#N)c1C. The molecule has 0 amide bonds. The molecule has 0 bridgehead atoms. The van der Waals surface area contributed by atoms with Crippen molar-refractivity contribution in [2.75, 3.05) is 83.2 Å². The molecule has 2 aromatic carbocycles. The van der Waals surface area contributed by atoms with Crippen LogP contribution in [-0.2, 0) is 48.0 Å². The predicted octanol–water partition coefficient (Wildman–Crippen LogP) is 8.48. The Morgan fingerprint density at radius 3 is 1.72 bits per heavy atom. The van der Waals surface area contributed by atoms with E-state index in [2.05, 4.69) is 26.9 Å². The molecule has 1 aromatic heterocycles. The first-order valence-electron chi connectivity index (χ1n) is 27.2. The second-order valence-corrected chi connectivity index (χ2v) is 21.2. The molecule has 0 radical (unpaired) electrons. The Balaban J connectivity index is 1.82. The first-order chi connectivity index (χ1) is 38.0. The molecule has 3 rings (SSSR count). The average Bonchev–Trinajstić information content (AvgIpc) is 3.44. The molecule has 0 saturated heterocycles. The van der Waals surface area contributed by atoms with Gasteiger partial charge >= 0.3 is 23.9 Å². The molecule has 3 atom stereocenters. The monoisotopic (exact) mass is 1130 g/mol. The Hall–Kier alpha value is -6.45. The molecule has 23 heteroatoms. The number of esters is 4. The second-order valence-electron chi connectivity index (χ2n) is 19.1. The number of nitrogens with zero attached hydrogens (tertiary/aromatic N) is 5. The number of nitriles is 1. The number of aliphatic hydroxyl groups is 3. The molecule has 0 fully saturated rings. The number of para-hydroxylation sites is 1. The number of azo groups is 1. The van der Waals surface area contributed by atoms with Crippen molar-refractivity contribution >= 4 is 62.4 Å². The Bertz CT molecular complexity index is 2490. The maximum atomic E-state index is 14.3. The normalized spacial score (nSPS) is 12.6. The van der Waals surface area contributed by atoms with E-state index in [9.17, 15) is 32.9 Å². The molecular formula is C56H83N7O15S. The zero-order valence-electron chi connectivity index (χ0n) is 46.8. The predicted molar refractivity (Wildman–Crippen MR) is 297 cm³/mol. The van der Waals surface area contributed by atoms with Crippen LogP contribution in [0.15, 0.2) is 57.6 Å². The molecule has 0 spiro atoms. The number of carbonyl (C=O) groups is 4. The van der Waals surface area contributed by atoms with E-state index in [1.54, 1.807) is 32.6 Å². The Kier molecular flexibility index (Phi) is 31.7. The van der Waals surface area contributed by atoms with Crippen molar-refractivity contribution in [1.82, 2.24) is 9.88 Å². The third-order valence-electron chi connectivity index (χ3n) is 12.3. The van der Waals surface area contributed by atoms with E-state index in [-0.39, 0.29) is 123 Å². The van der Waals surface area contributed by atoms with E-state index in [4.69, 9.17) is 48.7 Å². The summed E-state index contributed by atoms with van der Waals surface area (Å²) in [6.45, 7) is 7.52. The molecule has 1 heterocycles. The van der Waals surface area contributed by atoms with Gasteiger partial charge < -0.3 is 54.4 Å². The fraction of sp³-hybridized carbons (Fsp3) is 0.607. The summed E-state index contributed by atoms with van der Waals surface area (Å²) in [4.78, 5) is 56.1. The highest BCUT2D eigenvalue weighted by molar-refractivity contribution is 7.91. The first kappa shape index (κ1) is 66.8. The lowest BCUT2D eigenvalue weighted by Crippen LogP contribution is -2.41. The number of aliphatic hydroxyl groups excluding tert-OH is 3. The van der Waals surface area contributed by atoms with E-state index in [0.29, 0.717) is 88.3 Å². The standard InChI is InChI=1S/C56H83N7O15S/c1-40(76-51(68)27-17-11-21-32-75-50(67)24-14-8-18-29-64)37-58-55-45(36-57)43(4)54(56(60-55)59-44-22-12-7-13-23-44)62-61-46-34-48(74-6)49(35-47(46)73-5)79(71,72)33-28-63(38-41(2)77-52(69)25-15-9-19-30-65)39-42(3)78-53(70)26-16-10-20-31-66/h7,12-13,22-23,34-35,40-42,64-66H,8-11,14-21,24-33,37-39H2,1-6H3,(H2,58,59,60)/b62-61+. The highest BCUT2D eigenvalue weighted by Gasteiger charge is 2.27. The number of sulfone groups is 1. The van der Waals surface area contributed by atoms with Crippen molar-refractivity contribution in [3.63, 3.8) is 0 Å². The Morgan fingerprint density at radius 2 is 1.20 bits per heavy atom. The van der Waals surface area contributed by atoms with Crippen LogP contribution in [0.2, 0.25) is 0 Å². The highest BCUT2D eigenvalue weighted by atomic mass is 32.2. The lowest BCUT2D eigenvalue weighted by Gasteiger charge is -2.28. The number of benzene rings is 2. The minimum absolute atomic E-state index is 0.0295. The van der Waals surface area contributed by atoms with Crippen LogP contribution in [0.25, 0.3) is 0 Å². The minimum Gasteiger partial charge on any atom is -0.495 e. The van der Waals surface area contributed by atoms with Gasteiger partial charge in [0.25, 0.3) is 0 Å². The van der Waals surface area contributed by atoms with Crippen molar-refractivity contribution < 1.29 is 71.3 Å².